The molecule has 0 heterocycles. The molecule has 36 heavy (non-hydrogen) atoms. The highest BCUT2D eigenvalue weighted by molar-refractivity contribution is 6.25. The lowest BCUT2D eigenvalue weighted by Gasteiger charge is -2.26. The van der Waals surface area contributed by atoms with Crippen LogP contribution in [-0.4, -0.2) is 0 Å². The molecule has 0 nitrogen and oxygen atoms in total. The Bertz CT molecular complexity index is 1910. The van der Waals surface area contributed by atoms with Gasteiger partial charge in [0.05, 0.1) is 0 Å². The molecule has 0 amide bonds. The minimum absolute atomic E-state index is 0.0272. The van der Waals surface area contributed by atoms with Crippen LogP contribution in [-0.2, 0) is 5.41 Å². The Balaban J connectivity index is 1.76. The van der Waals surface area contributed by atoms with Crippen molar-refractivity contribution in [3.05, 3.63) is 121 Å². The fourth-order valence-corrected chi connectivity index (χ4v) is 6.29. The molecular formula is C36H28. The second-order valence-corrected chi connectivity index (χ2v) is 10.9. The van der Waals surface area contributed by atoms with Gasteiger partial charge in [0.2, 0.25) is 0 Å². The first-order chi connectivity index (χ1) is 17.5. The topological polar surface area (TPSA) is 0 Å². The van der Waals surface area contributed by atoms with Gasteiger partial charge in [0.1, 0.15) is 0 Å². The first-order valence-corrected chi connectivity index (χ1v) is 12.8. The molecule has 0 heteroatoms. The van der Waals surface area contributed by atoms with Crippen LogP contribution in [0.4, 0.5) is 0 Å². The maximum Gasteiger partial charge on any atom is -0.00201 e. The molecule has 0 aromatic heterocycles. The second kappa shape index (κ2) is 7.67. The highest BCUT2D eigenvalue weighted by Gasteiger charge is 2.24. The van der Waals surface area contributed by atoms with E-state index in [4.69, 9.17) is 0 Å². The molecule has 0 aliphatic heterocycles. The van der Waals surface area contributed by atoms with Crippen LogP contribution in [0.3, 0.4) is 0 Å². The largest absolute Gasteiger partial charge is 0.0616 e. The van der Waals surface area contributed by atoms with Crippen LogP contribution in [0.1, 0.15) is 26.3 Å². The summed E-state index contributed by atoms with van der Waals surface area (Å²) >= 11 is 0. The first-order valence-electron chi connectivity index (χ1n) is 12.8. The molecule has 0 aliphatic carbocycles. The van der Waals surface area contributed by atoms with Gasteiger partial charge in [-0.15, -0.1) is 0 Å². The van der Waals surface area contributed by atoms with Gasteiger partial charge in [-0.05, 0) is 82.0 Å². The average molecular weight is 461 g/mol. The summed E-state index contributed by atoms with van der Waals surface area (Å²) in [5.74, 6) is 0. The van der Waals surface area contributed by atoms with Gasteiger partial charge in [-0.1, -0.05) is 130 Å². The van der Waals surface area contributed by atoms with Gasteiger partial charge < -0.3 is 0 Å². The maximum absolute atomic E-state index is 2.45. The summed E-state index contributed by atoms with van der Waals surface area (Å²) in [5.41, 5.74) is 4.09. The lowest BCUT2D eigenvalue weighted by Crippen LogP contribution is -2.13. The van der Waals surface area contributed by atoms with E-state index in [1.54, 1.807) is 0 Å². The Morgan fingerprint density at radius 1 is 0.389 bits per heavy atom. The standard InChI is InChI=1S/C36H28/c1-36(2,3)35-30-18-10-8-16-28(30)34(29-17-9-11-19-31(29)35)33-22-32-24-13-5-4-12-23(24)20-21-27(32)25-14-6-7-15-26(25)33/h4-22H,1-3H3. The summed E-state index contributed by atoms with van der Waals surface area (Å²) in [6.45, 7) is 7.00. The molecule has 0 saturated heterocycles. The molecule has 0 aliphatic rings. The van der Waals surface area contributed by atoms with Crippen LogP contribution in [0.2, 0.25) is 0 Å². The van der Waals surface area contributed by atoms with Crippen LogP contribution in [0.15, 0.2) is 115 Å². The monoisotopic (exact) mass is 460 g/mol. The molecule has 7 aromatic rings. The van der Waals surface area contributed by atoms with Gasteiger partial charge in [-0.2, -0.15) is 0 Å². The Hall–Kier alpha value is -4.16. The summed E-state index contributed by atoms with van der Waals surface area (Å²) in [5, 5.41) is 13.2. The summed E-state index contributed by atoms with van der Waals surface area (Å²) in [4.78, 5) is 0. The molecule has 172 valence electrons. The molecule has 0 saturated carbocycles. The molecule has 0 spiro atoms. The highest BCUT2D eigenvalue weighted by atomic mass is 14.3. The Morgan fingerprint density at radius 2 is 0.861 bits per heavy atom. The molecular weight excluding hydrogens is 432 g/mol. The predicted molar refractivity (Wildman–Crippen MR) is 158 cm³/mol. The number of fused-ring (bicyclic) bond motifs is 7. The molecule has 7 rings (SSSR count). The van der Waals surface area contributed by atoms with Crippen molar-refractivity contribution in [2.24, 2.45) is 0 Å². The van der Waals surface area contributed by atoms with Crippen LogP contribution >= 0.6 is 0 Å². The third kappa shape index (κ3) is 3.01. The van der Waals surface area contributed by atoms with E-state index in [2.05, 4.69) is 136 Å². The molecule has 0 radical (unpaired) electrons. The maximum atomic E-state index is 2.45. The van der Waals surface area contributed by atoms with Crippen molar-refractivity contribution >= 4 is 53.9 Å². The molecule has 0 atom stereocenters. The number of rotatable bonds is 1. The normalized spacial score (nSPS) is 12.3. The number of benzene rings is 7. The molecule has 0 N–H and O–H groups in total. The van der Waals surface area contributed by atoms with E-state index in [0.717, 1.165) is 0 Å². The summed E-state index contributed by atoms with van der Waals surface area (Å²) in [6, 6.07) is 42.7. The zero-order valence-electron chi connectivity index (χ0n) is 21.0. The van der Waals surface area contributed by atoms with Crippen molar-refractivity contribution in [1.29, 1.82) is 0 Å². The number of hydrogen-bond donors (Lipinski definition) is 0. The van der Waals surface area contributed by atoms with Crippen molar-refractivity contribution in [1.82, 2.24) is 0 Å². The van der Waals surface area contributed by atoms with E-state index in [1.165, 1.54) is 70.6 Å². The Labute approximate surface area is 211 Å². The smallest absolute Gasteiger partial charge is 0.00201 e. The van der Waals surface area contributed by atoms with E-state index in [-0.39, 0.29) is 5.41 Å². The Morgan fingerprint density at radius 3 is 1.47 bits per heavy atom. The van der Waals surface area contributed by atoms with Gasteiger partial charge in [0, 0.05) is 0 Å². The first kappa shape index (κ1) is 21.1. The van der Waals surface area contributed by atoms with Gasteiger partial charge in [-0.25, -0.2) is 0 Å². The lowest BCUT2D eigenvalue weighted by molar-refractivity contribution is 0.601. The van der Waals surface area contributed by atoms with Crippen LogP contribution < -0.4 is 0 Å². The third-order valence-corrected chi connectivity index (χ3v) is 7.72. The quantitative estimate of drug-likeness (QED) is 0.169. The SMILES string of the molecule is CC(C)(C)c1c2ccccc2c(-c2cc3c4ccccc4ccc3c3ccccc23)c2ccccc12. The van der Waals surface area contributed by atoms with Crippen molar-refractivity contribution in [2.75, 3.05) is 0 Å². The van der Waals surface area contributed by atoms with E-state index in [1.807, 2.05) is 0 Å². The minimum atomic E-state index is 0.0272. The number of hydrogen-bond acceptors (Lipinski definition) is 0. The molecule has 0 bridgehead atoms. The fraction of sp³-hybridized carbons (Fsp3) is 0.111. The highest BCUT2D eigenvalue weighted by Crippen LogP contribution is 2.46. The minimum Gasteiger partial charge on any atom is -0.0616 e. The van der Waals surface area contributed by atoms with Gasteiger partial charge in [-0.3, -0.25) is 0 Å². The zero-order valence-corrected chi connectivity index (χ0v) is 21.0. The lowest BCUT2D eigenvalue weighted by atomic mass is 9.77. The average Bonchev–Trinajstić information content (AvgIpc) is 2.90. The van der Waals surface area contributed by atoms with E-state index >= 15 is 0 Å². The van der Waals surface area contributed by atoms with E-state index in [0.29, 0.717) is 0 Å². The van der Waals surface area contributed by atoms with Crippen molar-refractivity contribution in [3.63, 3.8) is 0 Å². The van der Waals surface area contributed by atoms with Gasteiger partial charge in [0.15, 0.2) is 0 Å². The van der Waals surface area contributed by atoms with Crippen LogP contribution in [0.25, 0.3) is 65.0 Å². The molecule has 7 aromatic carbocycles. The van der Waals surface area contributed by atoms with E-state index in [9.17, 15) is 0 Å². The zero-order chi connectivity index (χ0) is 24.4. The van der Waals surface area contributed by atoms with Crippen LogP contribution in [0.5, 0.6) is 0 Å². The Kier molecular flexibility index (Phi) is 4.51. The summed E-state index contributed by atoms with van der Waals surface area (Å²) in [6.07, 6.45) is 0. The second-order valence-electron chi connectivity index (χ2n) is 10.9. The van der Waals surface area contributed by atoms with Crippen molar-refractivity contribution < 1.29 is 0 Å². The predicted octanol–water partition coefficient (Wildman–Crippen LogP) is 10.4. The molecule has 0 unspecified atom stereocenters. The van der Waals surface area contributed by atoms with Crippen molar-refractivity contribution in [3.8, 4) is 11.1 Å². The fourth-order valence-electron chi connectivity index (χ4n) is 6.29. The van der Waals surface area contributed by atoms with E-state index < -0.39 is 0 Å². The summed E-state index contributed by atoms with van der Waals surface area (Å²) < 4.78 is 0. The van der Waals surface area contributed by atoms with Gasteiger partial charge >= 0.3 is 0 Å². The van der Waals surface area contributed by atoms with Crippen LogP contribution in [0, 0.1) is 0 Å². The summed E-state index contributed by atoms with van der Waals surface area (Å²) in [7, 11) is 0. The van der Waals surface area contributed by atoms with Gasteiger partial charge in [0.25, 0.3) is 0 Å². The molecule has 0 fully saturated rings. The van der Waals surface area contributed by atoms with Crippen molar-refractivity contribution in [2.45, 2.75) is 26.2 Å². The third-order valence-electron chi connectivity index (χ3n) is 7.72.